The standard InChI is InChI=1S/C11H6BrFN2O/c12-8-3-1-2-7(10(8)13)11(16)9-6-14-4-5-15-9/h1-6H. The summed E-state index contributed by atoms with van der Waals surface area (Å²) in [5.74, 6) is -1.06. The van der Waals surface area contributed by atoms with Crippen LogP contribution in [0.1, 0.15) is 16.1 Å². The molecule has 0 spiro atoms. The van der Waals surface area contributed by atoms with Gasteiger partial charge in [0.1, 0.15) is 11.5 Å². The molecule has 0 saturated carbocycles. The number of halogens is 2. The Morgan fingerprint density at radius 1 is 1.31 bits per heavy atom. The Hall–Kier alpha value is -1.62. The van der Waals surface area contributed by atoms with E-state index in [0.717, 1.165) is 0 Å². The van der Waals surface area contributed by atoms with E-state index in [1.807, 2.05) is 0 Å². The minimum Gasteiger partial charge on any atom is -0.287 e. The van der Waals surface area contributed by atoms with Crippen molar-refractivity contribution in [3.8, 4) is 0 Å². The molecule has 0 atom stereocenters. The Balaban J connectivity index is 2.46. The SMILES string of the molecule is O=C(c1cnccn1)c1cccc(Br)c1F. The molecule has 1 heterocycles. The highest BCUT2D eigenvalue weighted by Gasteiger charge is 2.16. The molecular weight excluding hydrogens is 275 g/mol. The molecule has 0 unspecified atom stereocenters. The second-order valence-corrected chi connectivity index (χ2v) is 3.88. The van der Waals surface area contributed by atoms with Gasteiger partial charge in [-0.15, -0.1) is 0 Å². The molecule has 3 nitrogen and oxygen atoms in total. The lowest BCUT2D eigenvalue weighted by molar-refractivity contribution is 0.103. The van der Waals surface area contributed by atoms with Crippen LogP contribution in [0.25, 0.3) is 0 Å². The first-order chi connectivity index (χ1) is 7.70. The number of ketones is 1. The molecule has 80 valence electrons. The van der Waals surface area contributed by atoms with Crippen LogP contribution in [0.4, 0.5) is 4.39 Å². The number of hydrogen-bond donors (Lipinski definition) is 0. The molecule has 1 aromatic carbocycles. The minimum atomic E-state index is -0.585. The van der Waals surface area contributed by atoms with Gasteiger partial charge < -0.3 is 0 Å². The van der Waals surface area contributed by atoms with Crippen molar-refractivity contribution in [2.24, 2.45) is 0 Å². The first kappa shape index (κ1) is 10.9. The number of aromatic nitrogens is 2. The van der Waals surface area contributed by atoms with Crippen LogP contribution in [0, 0.1) is 5.82 Å². The second-order valence-electron chi connectivity index (χ2n) is 3.02. The van der Waals surface area contributed by atoms with Gasteiger partial charge in [0.05, 0.1) is 16.2 Å². The average molecular weight is 281 g/mol. The highest BCUT2D eigenvalue weighted by molar-refractivity contribution is 9.10. The van der Waals surface area contributed by atoms with Gasteiger partial charge in [0, 0.05) is 12.4 Å². The van der Waals surface area contributed by atoms with E-state index in [1.54, 1.807) is 6.07 Å². The summed E-state index contributed by atoms with van der Waals surface area (Å²) in [5, 5.41) is 0. The van der Waals surface area contributed by atoms with E-state index in [0.29, 0.717) is 0 Å². The number of hydrogen-bond acceptors (Lipinski definition) is 3. The molecule has 0 saturated heterocycles. The van der Waals surface area contributed by atoms with Gasteiger partial charge in [-0.1, -0.05) is 6.07 Å². The van der Waals surface area contributed by atoms with Crippen LogP contribution < -0.4 is 0 Å². The van der Waals surface area contributed by atoms with Crippen LogP contribution in [-0.4, -0.2) is 15.8 Å². The molecule has 0 aliphatic carbocycles. The fraction of sp³-hybridized carbons (Fsp3) is 0. The zero-order valence-electron chi connectivity index (χ0n) is 8.02. The Kier molecular flexibility index (Phi) is 3.05. The topological polar surface area (TPSA) is 42.9 Å². The maximum atomic E-state index is 13.6. The summed E-state index contributed by atoms with van der Waals surface area (Å²) in [6.07, 6.45) is 4.15. The Labute approximate surface area is 99.5 Å². The maximum absolute atomic E-state index is 13.6. The predicted octanol–water partition coefficient (Wildman–Crippen LogP) is 2.61. The molecule has 0 amide bonds. The van der Waals surface area contributed by atoms with E-state index in [2.05, 4.69) is 25.9 Å². The van der Waals surface area contributed by atoms with Crippen molar-refractivity contribution in [3.63, 3.8) is 0 Å². The van der Waals surface area contributed by atoms with Crippen molar-refractivity contribution in [3.05, 3.63) is 58.3 Å². The van der Waals surface area contributed by atoms with Crippen LogP contribution in [-0.2, 0) is 0 Å². The molecular formula is C11H6BrFN2O. The number of carbonyl (C=O) groups excluding carboxylic acids is 1. The molecule has 0 bridgehead atoms. The number of rotatable bonds is 2. The molecule has 0 aliphatic heterocycles. The van der Waals surface area contributed by atoms with Crippen molar-refractivity contribution in [1.29, 1.82) is 0 Å². The summed E-state index contributed by atoms with van der Waals surface area (Å²) in [7, 11) is 0. The summed E-state index contributed by atoms with van der Waals surface area (Å²) < 4.78 is 13.9. The van der Waals surface area contributed by atoms with Crippen molar-refractivity contribution >= 4 is 21.7 Å². The number of carbonyl (C=O) groups is 1. The van der Waals surface area contributed by atoms with Crippen molar-refractivity contribution < 1.29 is 9.18 Å². The summed E-state index contributed by atoms with van der Waals surface area (Å²) >= 11 is 3.02. The van der Waals surface area contributed by atoms with E-state index in [9.17, 15) is 9.18 Å². The number of benzene rings is 1. The van der Waals surface area contributed by atoms with Gasteiger partial charge >= 0.3 is 0 Å². The van der Waals surface area contributed by atoms with Crippen LogP contribution in [0.3, 0.4) is 0 Å². The normalized spacial score (nSPS) is 10.1. The highest BCUT2D eigenvalue weighted by atomic mass is 79.9. The molecule has 2 aromatic rings. The molecule has 0 fully saturated rings. The predicted molar refractivity (Wildman–Crippen MR) is 59.6 cm³/mol. The maximum Gasteiger partial charge on any atom is 0.215 e. The van der Waals surface area contributed by atoms with Gasteiger partial charge in [0.15, 0.2) is 0 Å². The lowest BCUT2D eigenvalue weighted by Gasteiger charge is -2.02. The zero-order valence-corrected chi connectivity index (χ0v) is 9.61. The quantitative estimate of drug-likeness (QED) is 0.795. The lowest BCUT2D eigenvalue weighted by Crippen LogP contribution is -2.07. The Morgan fingerprint density at radius 2 is 2.12 bits per heavy atom. The summed E-state index contributed by atoms with van der Waals surface area (Å²) in [6, 6.07) is 4.54. The van der Waals surface area contributed by atoms with Crippen molar-refractivity contribution in [2.45, 2.75) is 0 Å². The molecule has 0 N–H and O–H groups in total. The van der Waals surface area contributed by atoms with Gasteiger partial charge in [0.25, 0.3) is 0 Å². The van der Waals surface area contributed by atoms with Gasteiger partial charge in [-0.2, -0.15) is 0 Å². The Morgan fingerprint density at radius 3 is 2.81 bits per heavy atom. The third-order valence-electron chi connectivity index (χ3n) is 1.99. The molecule has 16 heavy (non-hydrogen) atoms. The van der Waals surface area contributed by atoms with E-state index >= 15 is 0 Å². The van der Waals surface area contributed by atoms with Crippen LogP contribution in [0.2, 0.25) is 0 Å². The smallest absolute Gasteiger partial charge is 0.215 e. The fourth-order valence-corrected chi connectivity index (χ4v) is 1.60. The van der Waals surface area contributed by atoms with E-state index < -0.39 is 11.6 Å². The molecule has 2 rings (SSSR count). The minimum absolute atomic E-state index is 0.0186. The third-order valence-corrected chi connectivity index (χ3v) is 2.60. The zero-order chi connectivity index (χ0) is 11.5. The molecule has 5 heteroatoms. The molecule has 0 aliphatic rings. The number of nitrogens with zero attached hydrogens (tertiary/aromatic N) is 2. The first-order valence-electron chi connectivity index (χ1n) is 4.45. The fourth-order valence-electron chi connectivity index (χ4n) is 1.23. The third kappa shape index (κ3) is 1.99. The van der Waals surface area contributed by atoms with E-state index in [1.165, 1.54) is 30.7 Å². The van der Waals surface area contributed by atoms with E-state index in [-0.39, 0.29) is 15.7 Å². The average Bonchev–Trinajstić information content (AvgIpc) is 2.33. The van der Waals surface area contributed by atoms with E-state index in [4.69, 9.17) is 0 Å². The van der Waals surface area contributed by atoms with Crippen molar-refractivity contribution in [1.82, 2.24) is 9.97 Å². The molecule has 1 aromatic heterocycles. The van der Waals surface area contributed by atoms with Gasteiger partial charge in [-0.05, 0) is 28.1 Å². The Bertz CT molecular complexity index is 531. The summed E-state index contributed by atoms with van der Waals surface area (Å²) in [4.78, 5) is 19.5. The largest absolute Gasteiger partial charge is 0.287 e. The highest BCUT2D eigenvalue weighted by Crippen LogP contribution is 2.20. The van der Waals surface area contributed by atoms with Crippen LogP contribution >= 0.6 is 15.9 Å². The summed E-state index contributed by atoms with van der Waals surface area (Å²) in [5.41, 5.74) is 0.106. The van der Waals surface area contributed by atoms with Gasteiger partial charge in [-0.3, -0.25) is 9.78 Å². The van der Waals surface area contributed by atoms with Gasteiger partial charge in [-0.25, -0.2) is 9.37 Å². The lowest BCUT2D eigenvalue weighted by atomic mass is 10.1. The summed E-state index contributed by atoms with van der Waals surface area (Å²) in [6.45, 7) is 0. The second kappa shape index (κ2) is 4.49. The molecule has 0 radical (unpaired) electrons. The van der Waals surface area contributed by atoms with Crippen LogP contribution in [0.15, 0.2) is 41.3 Å². The first-order valence-corrected chi connectivity index (χ1v) is 5.24. The van der Waals surface area contributed by atoms with Gasteiger partial charge in [0.2, 0.25) is 5.78 Å². The van der Waals surface area contributed by atoms with Crippen LogP contribution in [0.5, 0.6) is 0 Å². The van der Waals surface area contributed by atoms with Crippen molar-refractivity contribution in [2.75, 3.05) is 0 Å². The monoisotopic (exact) mass is 280 g/mol.